The highest BCUT2D eigenvalue weighted by atomic mass is 16.2. The summed E-state index contributed by atoms with van der Waals surface area (Å²) in [5.74, 6) is 1.86. The smallest absolute Gasteiger partial charge is 0.225 e. The lowest BCUT2D eigenvalue weighted by atomic mass is 9.96. The fourth-order valence-corrected chi connectivity index (χ4v) is 4.12. The lowest BCUT2D eigenvalue weighted by Crippen LogP contribution is -2.46. The van der Waals surface area contributed by atoms with Crippen molar-refractivity contribution in [3.8, 4) is 0 Å². The minimum absolute atomic E-state index is 0.0101. The molecule has 3 heterocycles. The molecule has 148 valence electrons. The molecule has 4 rings (SSSR count). The molecule has 2 aromatic rings. The number of carbonyl (C=O) groups is 2. The number of amides is 2. The molecule has 1 aromatic carbocycles. The van der Waals surface area contributed by atoms with E-state index in [1.165, 1.54) is 5.56 Å². The fraction of sp³-hybridized carbons (Fsp3) is 0.524. The predicted octanol–water partition coefficient (Wildman–Crippen LogP) is 1.71. The Balaban J connectivity index is 1.26. The van der Waals surface area contributed by atoms with Gasteiger partial charge in [0.25, 0.3) is 0 Å². The molecule has 7 nitrogen and oxygen atoms in total. The van der Waals surface area contributed by atoms with Gasteiger partial charge in [-0.1, -0.05) is 30.3 Å². The molecule has 2 aliphatic heterocycles. The minimum atomic E-state index is -0.143. The van der Waals surface area contributed by atoms with Crippen molar-refractivity contribution >= 4 is 11.8 Å². The van der Waals surface area contributed by atoms with E-state index < -0.39 is 0 Å². The number of benzene rings is 1. The summed E-state index contributed by atoms with van der Waals surface area (Å²) >= 11 is 0. The van der Waals surface area contributed by atoms with E-state index in [0.717, 1.165) is 43.9 Å². The molecular formula is C21H27N5O2. The standard InChI is InChI=1S/C21H27N5O2/c27-20-11-10-17(15-25(20)12-4-8-16-6-2-1-3-7-16)21(28)22-14-19-24-23-18-9-5-13-26(18)19/h1-3,6-7,17H,4-5,8-15H2,(H,22,28). The summed E-state index contributed by atoms with van der Waals surface area (Å²) in [6, 6.07) is 10.3. The number of fused-ring (bicyclic) bond motifs is 1. The second-order valence-electron chi connectivity index (χ2n) is 7.67. The first kappa shape index (κ1) is 18.7. The number of nitrogens with one attached hydrogen (secondary N) is 1. The maximum atomic E-state index is 12.6. The monoisotopic (exact) mass is 381 g/mol. The fourth-order valence-electron chi connectivity index (χ4n) is 4.12. The molecule has 0 aliphatic carbocycles. The molecule has 1 fully saturated rings. The zero-order valence-corrected chi connectivity index (χ0v) is 16.1. The van der Waals surface area contributed by atoms with Crippen molar-refractivity contribution in [3.05, 3.63) is 47.5 Å². The molecular weight excluding hydrogens is 354 g/mol. The highest BCUT2D eigenvalue weighted by molar-refractivity contribution is 5.83. The average molecular weight is 381 g/mol. The quantitative estimate of drug-likeness (QED) is 0.792. The molecule has 0 saturated carbocycles. The van der Waals surface area contributed by atoms with Gasteiger partial charge in [-0.15, -0.1) is 10.2 Å². The lowest BCUT2D eigenvalue weighted by molar-refractivity contribution is -0.138. The van der Waals surface area contributed by atoms with Crippen LogP contribution >= 0.6 is 0 Å². The SMILES string of the molecule is O=C(NCc1nnc2n1CCC2)C1CCC(=O)N(CCCc2ccccc2)C1. The van der Waals surface area contributed by atoms with Gasteiger partial charge in [-0.2, -0.15) is 0 Å². The molecule has 1 saturated heterocycles. The Labute approximate surface area is 165 Å². The zero-order chi connectivity index (χ0) is 19.3. The number of aryl methyl sites for hydroxylation is 2. The number of carbonyl (C=O) groups excluding carboxylic acids is 2. The van der Waals surface area contributed by atoms with Crippen LogP contribution in [0.15, 0.2) is 30.3 Å². The Hall–Kier alpha value is -2.70. The third-order valence-electron chi connectivity index (χ3n) is 5.71. The van der Waals surface area contributed by atoms with E-state index >= 15 is 0 Å². The first-order chi connectivity index (χ1) is 13.7. The van der Waals surface area contributed by atoms with Gasteiger partial charge in [0.2, 0.25) is 11.8 Å². The number of hydrogen-bond donors (Lipinski definition) is 1. The van der Waals surface area contributed by atoms with Crippen molar-refractivity contribution in [3.63, 3.8) is 0 Å². The van der Waals surface area contributed by atoms with Gasteiger partial charge in [-0.25, -0.2) is 0 Å². The van der Waals surface area contributed by atoms with Crippen LogP contribution in [0.25, 0.3) is 0 Å². The minimum Gasteiger partial charge on any atom is -0.348 e. The van der Waals surface area contributed by atoms with Gasteiger partial charge in [0, 0.05) is 32.5 Å². The molecule has 1 N–H and O–H groups in total. The molecule has 0 spiro atoms. The summed E-state index contributed by atoms with van der Waals surface area (Å²) in [4.78, 5) is 26.7. The number of hydrogen-bond acceptors (Lipinski definition) is 4. The van der Waals surface area contributed by atoms with E-state index in [4.69, 9.17) is 0 Å². The van der Waals surface area contributed by atoms with Gasteiger partial charge in [0.15, 0.2) is 5.82 Å². The van der Waals surface area contributed by atoms with E-state index in [2.05, 4.69) is 32.2 Å². The normalized spacial score (nSPS) is 18.9. The first-order valence-corrected chi connectivity index (χ1v) is 10.2. The van der Waals surface area contributed by atoms with Crippen LogP contribution in [-0.4, -0.2) is 44.6 Å². The zero-order valence-electron chi connectivity index (χ0n) is 16.1. The van der Waals surface area contributed by atoms with Crippen LogP contribution in [0.3, 0.4) is 0 Å². The third kappa shape index (κ3) is 4.24. The molecule has 2 aliphatic rings. The number of aromatic nitrogens is 3. The molecule has 1 unspecified atom stereocenters. The van der Waals surface area contributed by atoms with E-state index in [1.807, 2.05) is 23.1 Å². The number of likely N-dealkylation sites (tertiary alicyclic amines) is 1. The highest BCUT2D eigenvalue weighted by Crippen LogP contribution is 2.19. The Bertz CT molecular complexity index is 833. The second kappa shape index (κ2) is 8.54. The Morgan fingerprint density at radius 2 is 2.04 bits per heavy atom. The van der Waals surface area contributed by atoms with Crippen molar-refractivity contribution in [1.29, 1.82) is 0 Å². The van der Waals surface area contributed by atoms with Crippen molar-refractivity contribution in [1.82, 2.24) is 25.0 Å². The maximum absolute atomic E-state index is 12.6. The van der Waals surface area contributed by atoms with Crippen molar-refractivity contribution in [2.75, 3.05) is 13.1 Å². The topological polar surface area (TPSA) is 80.1 Å². The summed E-state index contributed by atoms with van der Waals surface area (Å²) in [6.45, 7) is 2.55. The van der Waals surface area contributed by atoms with E-state index in [-0.39, 0.29) is 17.7 Å². The summed E-state index contributed by atoms with van der Waals surface area (Å²) in [6.07, 6.45) is 4.98. The third-order valence-corrected chi connectivity index (χ3v) is 5.71. The summed E-state index contributed by atoms with van der Waals surface area (Å²) in [5.41, 5.74) is 1.28. The van der Waals surface area contributed by atoms with Crippen LogP contribution < -0.4 is 5.32 Å². The Kier molecular flexibility index (Phi) is 5.69. The first-order valence-electron chi connectivity index (χ1n) is 10.2. The van der Waals surface area contributed by atoms with Crippen LogP contribution in [0.1, 0.15) is 42.9 Å². The Morgan fingerprint density at radius 1 is 1.18 bits per heavy atom. The van der Waals surface area contributed by atoms with Gasteiger partial charge in [-0.3, -0.25) is 9.59 Å². The van der Waals surface area contributed by atoms with Crippen molar-refractivity contribution < 1.29 is 9.59 Å². The molecule has 2 amide bonds. The van der Waals surface area contributed by atoms with Crippen LogP contribution in [0.4, 0.5) is 0 Å². The van der Waals surface area contributed by atoms with E-state index in [0.29, 0.717) is 32.5 Å². The second-order valence-corrected chi connectivity index (χ2v) is 7.67. The van der Waals surface area contributed by atoms with Gasteiger partial charge in [-0.05, 0) is 31.2 Å². The lowest BCUT2D eigenvalue weighted by Gasteiger charge is -2.32. The molecule has 0 bridgehead atoms. The highest BCUT2D eigenvalue weighted by Gasteiger charge is 2.30. The summed E-state index contributed by atoms with van der Waals surface area (Å²) in [5, 5.41) is 11.4. The largest absolute Gasteiger partial charge is 0.348 e. The maximum Gasteiger partial charge on any atom is 0.225 e. The number of piperidine rings is 1. The average Bonchev–Trinajstić information content (AvgIpc) is 3.33. The van der Waals surface area contributed by atoms with Gasteiger partial charge >= 0.3 is 0 Å². The van der Waals surface area contributed by atoms with Gasteiger partial charge in [0.1, 0.15) is 5.82 Å². The van der Waals surface area contributed by atoms with Crippen LogP contribution in [0.5, 0.6) is 0 Å². The van der Waals surface area contributed by atoms with E-state index in [1.54, 1.807) is 0 Å². The molecule has 1 aromatic heterocycles. The molecule has 7 heteroatoms. The van der Waals surface area contributed by atoms with Crippen LogP contribution in [0.2, 0.25) is 0 Å². The van der Waals surface area contributed by atoms with Crippen molar-refractivity contribution in [2.24, 2.45) is 5.92 Å². The molecule has 1 atom stereocenters. The predicted molar refractivity (Wildman–Crippen MR) is 104 cm³/mol. The van der Waals surface area contributed by atoms with Crippen LogP contribution in [-0.2, 0) is 35.5 Å². The molecule has 0 radical (unpaired) electrons. The van der Waals surface area contributed by atoms with Crippen LogP contribution in [0, 0.1) is 5.92 Å². The number of rotatable bonds is 7. The van der Waals surface area contributed by atoms with E-state index in [9.17, 15) is 9.59 Å². The van der Waals surface area contributed by atoms with Gasteiger partial charge in [0.05, 0.1) is 12.5 Å². The molecule has 28 heavy (non-hydrogen) atoms. The van der Waals surface area contributed by atoms with Gasteiger partial charge < -0.3 is 14.8 Å². The summed E-state index contributed by atoms with van der Waals surface area (Å²) in [7, 11) is 0. The number of nitrogens with zero attached hydrogens (tertiary/aromatic N) is 4. The Morgan fingerprint density at radius 3 is 2.89 bits per heavy atom. The van der Waals surface area contributed by atoms with Crippen molar-refractivity contribution in [2.45, 2.75) is 51.6 Å². The summed E-state index contributed by atoms with van der Waals surface area (Å²) < 4.78 is 2.10.